The lowest BCUT2D eigenvalue weighted by molar-refractivity contribution is -0.173. The molecule has 0 aromatic heterocycles. The van der Waals surface area contributed by atoms with Gasteiger partial charge in [-0.05, 0) is 17.9 Å². The second kappa shape index (κ2) is 5.36. The first kappa shape index (κ1) is 12.6. The number of carbonyl (C=O) groups is 1. The minimum atomic E-state index is -4.76. The van der Waals surface area contributed by atoms with Crippen molar-refractivity contribution < 1.29 is 18.0 Å². The van der Waals surface area contributed by atoms with Crippen LogP contribution in [-0.4, -0.2) is 30.6 Å². The molecule has 78 valence electrons. The summed E-state index contributed by atoms with van der Waals surface area (Å²) in [6.45, 7) is 1.85. The van der Waals surface area contributed by atoms with Crippen molar-refractivity contribution in [2.75, 3.05) is 18.6 Å². The van der Waals surface area contributed by atoms with Crippen LogP contribution in [0.4, 0.5) is 13.2 Å². The number of thioether (sulfide) groups is 1. The first-order valence-corrected chi connectivity index (χ1v) is 5.11. The van der Waals surface area contributed by atoms with Crippen molar-refractivity contribution in [2.24, 2.45) is 5.92 Å². The molecule has 0 aromatic carbocycles. The summed E-state index contributed by atoms with van der Waals surface area (Å²) >= 11 is 1.54. The molecule has 0 heterocycles. The normalized spacial score (nSPS) is 13.9. The Hall–Kier alpha value is -0.390. The number of rotatable bonds is 4. The molecule has 0 aliphatic rings. The minimum absolute atomic E-state index is 0.0568. The van der Waals surface area contributed by atoms with E-state index < -0.39 is 12.1 Å². The highest BCUT2D eigenvalue weighted by molar-refractivity contribution is 7.98. The molecule has 6 heteroatoms. The van der Waals surface area contributed by atoms with E-state index in [1.54, 1.807) is 6.92 Å². The molecule has 0 aliphatic heterocycles. The number of hydrogen-bond donors (Lipinski definition) is 1. The summed E-state index contributed by atoms with van der Waals surface area (Å²) in [6.07, 6.45) is -2.90. The number of nitrogens with one attached hydrogen (secondary N) is 1. The molecule has 1 amide bonds. The van der Waals surface area contributed by atoms with Crippen molar-refractivity contribution >= 4 is 17.7 Å². The molecular formula is C7H12F3NOS. The minimum Gasteiger partial charge on any atom is -0.348 e. The van der Waals surface area contributed by atoms with Gasteiger partial charge in [0.15, 0.2) is 0 Å². The maximum Gasteiger partial charge on any atom is 0.471 e. The van der Waals surface area contributed by atoms with Gasteiger partial charge in [-0.1, -0.05) is 6.92 Å². The molecule has 0 aromatic rings. The topological polar surface area (TPSA) is 29.1 Å². The molecule has 0 saturated heterocycles. The summed E-state index contributed by atoms with van der Waals surface area (Å²) in [5.41, 5.74) is 0. The maximum atomic E-state index is 11.7. The summed E-state index contributed by atoms with van der Waals surface area (Å²) in [5, 5.41) is 1.83. The van der Waals surface area contributed by atoms with Crippen LogP contribution < -0.4 is 5.32 Å². The first-order chi connectivity index (χ1) is 5.88. The first-order valence-electron chi connectivity index (χ1n) is 3.72. The zero-order valence-electron chi connectivity index (χ0n) is 7.44. The van der Waals surface area contributed by atoms with Crippen LogP contribution in [0.3, 0.4) is 0 Å². The van der Waals surface area contributed by atoms with E-state index in [1.807, 2.05) is 11.6 Å². The van der Waals surface area contributed by atoms with Gasteiger partial charge in [-0.3, -0.25) is 4.79 Å². The molecule has 1 N–H and O–H groups in total. The van der Waals surface area contributed by atoms with Crippen molar-refractivity contribution in [3.63, 3.8) is 0 Å². The van der Waals surface area contributed by atoms with Crippen LogP contribution in [0, 0.1) is 5.92 Å². The lowest BCUT2D eigenvalue weighted by Crippen LogP contribution is -2.39. The van der Waals surface area contributed by atoms with Crippen molar-refractivity contribution in [3.8, 4) is 0 Å². The smallest absolute Gasteiger partial charge is 0.348 e. The fourth-order valence-corrected chi connectivity index (χ4v) is 1.40. The highest BCUT2D eigenvalue weighted by Crippen LogP contribution is 2.14. The molecule has 0 aliphatic carbocycles. The maximum absolute atomic E-state index is 11.7. The Morgan fingerprint density at radius 2 is 2.08 bits per heavy atom. The molecule has 1 atom stereocenters. The number of halogens is 3. The molecule has 0 bridgehead atoms. The largest absolute Gasteiger partial charge is 0.471 e. The molecule has 0 radical (unpaired) electrons. The van der Waals surface area contributed by atoms with Crippen LogP contribution in [0.5, 0.6) is 0 Å². The van der Waals surface area contributed by atoms with E-state index in [9.17, 15) is 18.0 Å². The zero-order valence-corrected chi connectivity index (χ0v) is 8.26. The summed E-state index contributed by atoms with van der Waals surface area (Å²) in [4.78, 5) is 10.3. The Morgan fingerprint density at radius 1 is 1.54 bits per heavy atom. The van der Waals surface area contributed by atoms with Gasteiger partial charge in [0.1, 0.15) is 0 Å². The molecule has 0 rings (SSSR count). The molecule has 2 nitrogen and oxygen atoms in total. The summed E-state index contributed by atoms with van der Waals surface area (Å²) in [6, 6.07) is 0. The van der Waals surface area contributed by atoms with Crippen molar-refractivity contribution in [1.82, 2.24) is 5.32 Å². The van der Waals surface area contributed by atoms with Gasteiger partial charge in [-0.15, -0.1) is 0 Å². The third-order valence-corrected chi connectivity index (χ3v) is 2.22. The van der Waals surface area contributed by atoms with Crippen LogP contribution in [0.25, 0.3) is 0 Å². The fraction of sp³-hybridized carbons (Fsp3) is 0.857. The predicted molar refractivity (Wildman–Crippen MR) is 46.6 cm³/mol. The average Bonchev–Trinajstić information content (AvgIpc) is 1.99. The van der Waals surface area contributed by atoms with Crippen LogP contribution >= 0.6 is 11.8 Å². The zero-order chi connectivity index (χ0) is 10.5. The Balaban J connectivity index is 3.71. The summed E-state index contributed by atoms with van der Waals surface area (Å²) in [5.74, 6) is -1.07. The number of amides is 1. The third-order valence-electron chi connectivity index (χ3n) is 1.32. The average molecular weight is 215 g/mol. The quantitative estimate of drug-likeness (QED) is 0.772. The van der Waals surface area contributed by atoms with Crippen LogP contribution in [-0.2, 0) is 4.79 Å². The van der Waals surface area contributed by atoms with Gasteiger partial charge < -0.3 is 5.32 Å². The Morgan fingerprint density at radius 3 is 2.46 bits per heavy atom. The van der Waals surface area contributed by atoms with Gasteiger partial charge in [0.05, 0.1) is 0 Å². The monoisotopic (exact) mass is 215 g/mol. The number of carbonyl (C=O) groups excluding carboxylic acids is 1. The fourth-order valence-electron chi connectivity index (χ4n) is 0.711. The molecule has 1 unspecified atom stereocenters. The summed E-state index contributed by atoms with van der Waals surface area (Å²) < 4.78 is 35.0. The van der Waals surface area contributed by atoms with Gasteiger partial charge in [-0.2, -0.15) is 24.9 Å². The Kier molecular flexibility index (Phi) is 5.20. The summed E-state index contributed by atoms with van der Waals surface area (Å²) in [7, 11) is 0. The van der Waals surface area contributed by atoms with Crippen LogP contribution in [0.2, 0.25) is 0 Å². The van der Waals surface area contributed by atoms with E-state index >= 15 is 0 Å². The van der Waals surface area contributed by atoms with Gasteiger partial charge >= 0.3 is 12.1 Å². The van der Waals surface area contributed by atoms with Crippen molar-refractivity contribution in [2.45, 2.75) is 13.1 Å². The third kappa shape index (κ3) is 5.79. The van der Waals surface area contributed by atoms with Gasteiger partial charge in [0, 0.05) is 6.54 Å². The number of alkyl halides is 3. The van der Waals surface area contributed by atoms with Crippen molar-refractivity contribution in [1.29, 1.82) is 0 Å². The second-order valence-electron chi connectivity index (χ2n) is 2.77. The van der Waals surface area contributed by atoms with E-state index in [0.29, 0.717) is 0 Å². The Bertz CT molecular complexity index is 172. The standard InChI is InChI=1S/C7H12F3NOS/c1-5(4-13-2)3-11-6(12)7(8,9)10/h5H,3-4H2,1-2H3,(H,11,12). The Labute approximate surface area is 79.3 Å². The van der Waals surface area contributed by atoms with E-state index in [2.05, 4.69) is 0 Å². The number of hydrogen-bond acceptors (Lipinski definition) is 2. The van der Waals surface area contributed by atoms with Gasteiger partial charge in [0.25, 0.3) is 0 Å². The van der Waals surface area contributed by atoms with Gasteiger partial charge in [0.2, 0.25) is 0 Å². The van der Waals surface area contributed by atoms with Crippen LogP contribution in [0.1, 0.15) is 6.92 Å². The molecule has 0 spiro atoms. The van der Waals surface area contributed by atoms with E-state index in [-0.39, 0.29) is 12.5 Å². The highest BCUT2D eigenvalue weighted by Gasteiger charge is 2.38. The molecule has 0 saturated carbocycles. The SMILES string of the molecule is CSCC(C)CNC(=O)C(F)(F)F. The van der Waals surface area contributed by atoms with E-state index in [1.165, 1.54) is 11.8 Å². The lowest BCUT2D eigenvalue weighted by Gasteiger charge is -2.12. The highest BCUT2D eigenvalue weighted by atomic mass is 32.2. The molecular weight excluding hydrogens is 203 g/mol. The molecule has 13 heavy (non-hydrogen) atoms. The van der Waals surface area contributed by atoms with Crippen LogP contribution in [0.15, 0.2) is 0 Å². The molecule has 0 fully saturated rings. The predicted octanol–water partition coefficient (Wildman–Crippen LogP) is 1.66. The van der Waals surface area contributed by atoms with Crippen molar-refractivity contribution in [3.05, 3.63) is 0 Å². The second-order valence-corrected chi connectivity index (χ2v) is 3.68. The van der Waals surface area contributed by atoms with E-state index in [4.69, 9.17) is 0 Å². The van der Waals surface area contributed by atoms with Gasteiger partial charge in [-0.25, -0.2) is 0 Å². The lowest BCUT2D eigenvalue weighted by atomic mass is 10.2. The van der Waals surface area contributed by atoms with E-state index in [0.717, 1.165) is 5.75 Å².